The van der Waals surface area contributed by atoms with E-state index in [1.165, 1.54) is 16.0 Å². The molecule has 5 rings (SSSR count). The standard InChI is InChI=1S/C31H37ClN2O5S/c1-39-27-16-21(4-11-28(27)40-15-14-34-29(35)12-13-30(34)36)19-33(18-20-2-5-22(6-3-20)31(37)38)26-10-7-23-17-24(32)8-9-25(23)26/h4,8-9,11,16-17,20,22,26H,2-3,5-7,10,12-15,18-19H2,1H3,(H,37,38)/t20?,22?,26-/m0/s1. The minimum Gasteiger partial charge on any atom is -0.496 e. The van der Waals surface area contributed by atoms with E-state index in [4.69, 9.17) is 16.3 Å². The highest BCUT2D eigenvalue weighted by molar-refractivity contribution is 7.99. The van der Waals surface area contributed by atoms with Gasteiger partial charge < -0.3 is 9.84 Å². The number of carboxylic acid groups (broad SMARTS) is 1. The molecule has 40 heavy (non-hydrogen) atoms. The number of likely N-dealkylation sites (tertiary alicyclic amines) is 1. The van der Waals surface area contributed by atoms with Gasteiger partial charge in [0.15, 0.2) is 0 Å². The highest BCUT2D eigenvalue weighted by Gasteiger charge is 2.33. The molecule has 1 N–H and O–H groups in total. The van der Waals surface area contributed by atoms with Crippen LogP contribution in [0.5, 0.6) is 5.75 Å². The van der Waals surface area contributed by atoms with E-state index >= 15 is 0 Å². The molecule has 1 aliphatic heterocycles. The zero-order valence-corrected chi connectivity index (χ0v) is 24.5. The molecule has 2 aromatic rings. The lowest BCUT2D eigenvalue weighted by atomic mass is 9.81. The second-order valence-electron chi connectivity index (χ2n) is 11.2. The molecule has 1 atom stereocenters. The second-order valence-corrected chi connectivity index (χ2v) is 12.7. The van der Waals surface area contributed by atoms with Gasteiger partial charge in [0.05, 0.1) is 13.0 Å². The van der Waals surface area contributed by atoms with Crippen molar-refractivity contribution in [3.8, 4) is 5.75 Å². The molecule has 0 spiro atoms. The highest BCUT2D eigenvalue weighted by Crippen LogP contribution is 2.40. The van der Waals surface area contributed by atoms with Crippen molar-refractivity contribution in [2.24, 2.45) is 11.8 Å². The molecular formula is C31H37ClN2O5S. The Morgan fingerprint density at radius 1 is 1.05 bits per heavy atom. The van der Waals surface area contributed by atoms with Crippen molar-refractivity contribution >= 4 is 41.1 Å². The number of hydrogen-bond acceptors (Lipinski definition) is 6. The Kier molecular flexibility index (Phi) is 9.38. The summed E-state index contributed by atoms with van der Waals surface area (Å²) in [6, 6.07) is 12.8. The number of aliphatic carboxylic acids is 1. The van der Waals surface area contributed by atoms with Gasteiger partial charge in [-0.2, -0.15) is 0 Å². The van der Waals surface area contributed by atoms with Crippen LogP contribution in [0.4, 0.5) is 0 Å². The van der Waals surface area contributed by atoms with Crippen LogP contribution in [0.1, 0.15) is 67.7 Å². The number of carbonyl (C=O) groups excluding carboxylic acids is 2. The first-order chi connectivity index (χ1) is 19.3. The minimum absolute atomic E-state index is 0.0831. The van der Waals surface area contributed by atoms with E-state index in [-0.39, 0.29) is 17.7 Å². The summed E-state index contributed by atoms with van der Waals surface area (Å²) in [5, 5.41) is 10.2. The molecule has 214 valence electrons. The van der Waals surface area contributed by atoms with Crippen LogP contribution in [0.15, 0.2) is 41.3 Å². The molecular weight excluding hydrogens is 548 g/mol. The Morgan fingerprint density at radius 3 is 2.50 bits per heavy atom. The third-order valence-corrected chi connectivity index (χ3v) is 9.89. The van der Waals surface area contributed by atoms with Crippen molar-refractivity contribution in [2.75, 3.05) is 26.0 Å². The largest absolute Gasteiger partial charge is 0.496 e. The van der Waals surface area contributed by atoms with E-state index in [0.29, 0.717) is 37.1 Å². The van der Waals surface area contributed by atoms with Crippen molar-refractivity contribution < 1.29 is 24.2 Å². The number of halogens is 1. The number of aryl methyl sites for hydroxylation is 1. The molecule has 1 saturated heterocycles. The van der Waals surface area contributed by atoms with E-state index in [1.807, 2.05) is 6.07 Å². The Hall–Kier alpha value is -2.55. The number of hydrogen-bond donors (Lipinski definition) is 1. The number of methoxy groups -OCH3 is 1. The molecule has 7 nitrogen and oxygen atoms in total. The molecule has 0 bridgehead atoms. The number of ether oxygens (including phenoxy) is 1. The van der Waals surface area contributed by atoms with Gasteiger partial charge in [-0.3, -0.25) is 24.2 Å². The Balaban J connectivity index is 1.29. The van der Waals surface area contributed by atoms with Gasteiger partial charge in [0.2, 0.25) is 11.8 Å². The number of imide groups is 1. The molecule has 0 radical (unpaired) electrons. The molecule has 1 saturated carbocycles. The molecule has 9 heteroatoms. The highest BCUT2D eigenvalue weighted by atomic mass is 35.5. The molecule has 2 aliphatic carbocycles. The van der Waals surface area contributed by atoms with Gasteiger partial charge in [0.25, 0.3) is 0 Å². The van der Waals surface area contributed by atoms with Crippen molar-refractivity contribution in [3.05, 3.63) is 58.1 Å². The lowest BCUT2D eigenvalue weighted by molar-refractivity contribution is -0.143. The fourth-order valence-corrected chi connectivity index (χ4v) is 7.59. The Labute approximate surface area is 245 Å². The van der Waals surface area contributed by atoms with Crippen LogP contribution in [-0.4, -0.2) is 58.6 Å². The number of benzene rings is 2. The van der Waals surface area contributed by atoms with Crippen molar-refractivity contribution in [1.82, 2.24) is 9.80 Å². The first-order valence-electron chi connectivity index (χ1n) is 14.2. The monoisotopic (exact) mass is 584 g/mol. The van der Waals surface area contributed by atoms with Gasteiger partial charge in [-0.1, -0.05) is 23.7 Å². The second kappa shape index (κ2) is 13.0. The Morgan fingerprint density at radius 2 is 1.80 bits per heavy atom. The molecule has 2 amide bonds. The van der Waals surface area contributed by atoms with Crippen molar-refractivity contribution in [1.29, 1.82) is 0 Å². The molecule has 2 fully saturated rings. The third kappa shape index (κ3) is 6.67. The van der Waals surface area contributed by atoms with E-state index < -0.39 is 5.97 Å². The average molecular weight is 585 g/mol. The number of carbonyl (C=O) groups is 3. The van der Waals surface area contributed by atoms with Gasteiger partial charge >= 0.3 is 5.97 Å². The number of amides is 2. The number of nitrogens with zero attached hydrogens (tertiary/aromatic N) is 2. The lowest BCUT2D eigenvalue weighted by Crippen LogP contribution is -2.34. The topological polar surface area (TPSA) is 87.2 Å². The predicted molar refractivity (Wildman–Crippen MR) is 156 cm³/mol. The van der Waals surface area contributed by atoms with Gasteiger partial charge in [-0.05, 0) is 85.4 Å². The van der Waals surface area contributed by atoms with Crippen LogP contribution in [0.25, 0.3) is 0 Å². The molecule has 1 heterocycles. The summed E-state index contributed by atoms with van der Waals surface area (Å²) < 4.78 is 5.75. The first kappa shape index (κ1) is 29.0. The summed E-state index contributed by atoms with van der Waals surface area (Å²) in [4.78, 5) is 40.2. The van der Waals surface area contributed by atoms with E-state index in [1.54, 1.807) is 18.9 Å². The van der Waals surface area contributed by atoms with Crippen LogP contribution >= 0.6 is 23.4 Å². The summed E-state index contributed by atoms with van der Waals surface area (Å²) in [6.45, 7) is 2.11. The maximum Gasteiger partial charge on any atom is 0.306 e. The quantitative estimate of drug-likeness (QED) is 0.257. The predicted octanol–water partition coefficient (Wildman–Crippen LogP) is 5.97. The summed E-state index contributed by atoms with van der Waals surface area (Å²) in [7, 11) is 1.67. The van der Waals surface area contributed by atoms with Crippen LogP contribution < -0.4 is 4.74 Å². The summed E-state index contributed by atoms with van der Waals surface area (Å²) >= 11 is 7.89. The van der Waals surface area contributed by atoms with E-state index in [0.717, 1.165) is 72.8 Å². The van der Waals surface area contributed by atoms with Gasteiger partial charge in [-0.25, -0.2) is 0 Å². The maximum atomic E-state index is 11.9. The zero-order valence-electron chi connectivity index (χ0n) is 22.9. The normalized spacial score (nSPS) is 22.7. The van der Waals surface area contributed by atoms with E-state index in [2.05, 4.69) is 35.2 Å². The fourth-order valence-electron chi connectivity index (χ4n) is 6.45. The molecule has 3 aliphatic rings. The minimum atomic E-state index is -0.666. The van der Waals surface area contributed by atoms with Gasteiger partial charge in [-0.15, -0.1) is 11.8 Å². The van der Waals surface area contributed by atoms with Crippen LogP contribution in [0, 0.1) is 11.8 Å². The summed E-state index contributed by atoms with van der Waals surface area (Å²) in [6.07, 6.45) is 6.05. The van der Waals surface area contributed by atoms with E-state index in [9.17, 15) is 19.5 Å². The van der Waals surface area contributed by atoms with Gasteiger partial charge in [0.1, 0.15) is 5.75 Å². The van der Waals surface area contributed by atoms with Crippen LogP contribution in [-0.2, 0) is 27.3 Å². The van der Waals surface area contributed by atoms with Crippen LogP contribution in [0.3, 0.4) is 0 Å². The van der Waals surface area contributed by atoms with Gasteiger partial charge in [0, 0.05) is 54.2 Å². The van der Waals surface area contributed by atoms with Crippen molar-refractivity contribution in [2.45, 2.75) is 68.8 Å². The SMILES string of the molecule is COc1cc(CN(CC2CCC(C(=O)O)CC2)[C@H]2CCc3cc(Cl)ccc32)ccc1SCCN1C(=O)CCC1=O. The molecule has 2 aromatic carbocycles. The Bertz CT molecular complexity index is 1250. The maximum absolute atomic E-state index is 11.9. The first-order valence-corrected chi connectivity index (χ1v) is 15.6. The third-order valence-electron chi connectivity index (χ3n) is 8.62. The van der Waals surface area contributed by atoms with Crippen LogP contribution in [0.2, 0.25) is 5.02 Å². The molecule has 0 aromatic heterocycles. The number of carboxylic acids is 1. The smallest absolute Gasteiger partial charge is 0.306 e. The summed E-state index contributed by atoms with van der Waals surface area (Å²) in [5.41, 5.74) is 3.82. The number of fused-ring (bicyclic) bond motifs is 1. The fraction of sp³-hybridized carbons (Fsp3) is 0.516. The molecule has 0 unspecified atom stereocenters. The zero-order chi connectivity index (χ0) is 28.2. The number of rotatable bonds is 11. The lowest BCUT2D eigenvalue weighted by Gasteiger charge is -2.35. The summed E-state index contributed by atoms with van der Waals surface area (Å²) in [5.74, 6) is 0.845. The average Bonchev–Trinajstić information content (AvgIpc) is 3.51. The number of thioether (sulfide) groups is 1. The van der Waals surface area contributed by atoms with Crippen molar-refractivity contribution in [3.63, 3.8) is 0 Å².